The third kappa shape index (κ3) is 1.41. The molecule has 2 heteroatoms. The molecule has 1 aliphatic carbocycles. The first-order valence-electron chi connectivity index (χ1n) is 4.31. The zero-order valence-electron chi connectivity index (χ0n) is 7.65. The summed E-state index contributed by atoms with van der Waals surface area (Å²) in [5.74, 6) is 0.510. The van der Waals surface area contributed by atoms with Crippen molar-refractivity contribution in [3.05, 3.63) is 0 Å². The van der Waals surface area contributed by atoms with E-state index in [9.17, 15) is 4.39 Å². The topological polar surface area (TPSA) is 26.0 Å². The number of hydrogen-bond donors (Lipinski definition) is 1. The zero-order chi connectivity index (χ0) is 8.70. The summed E-state index contributed by atoms with van der Waals surface area (Å²) in [7, 11) is 0. The van der Waals surface area contributed by atoms with Crippen LogP contribution in [-0.4, -0.2) is 12.2 Å². The molecule has 1 nitrogen and oxygen atoms in total. The van der Waals surface area contributed by atoms with Crippen LogP contribution < -0.4 is 5.73 Å². The molecule has 0 spiro atoms. The molecule has 11 heavy (non-hydrogen) atoms. The Morgan fingerprint density at radius 2 is 1.91 bits per heavy atom. The third-order valence-electron chi connectivity index (χ3n) is 3.07. The molecule has 1 rings (SSSR count). The van der Waals surface area contributed by atoms with Gasteiger partial charge in [-0.2, -0.15) is 0 Å². The third-order valence-corrected chi connectivity index (χ3v) is 3.07. The lowest BCUT2D eigenvalue weighted by Gasteiger charge is -2.52. The molecule has 0 radical (unpaired) electrons. The van der Waals surface area contributed by atoms with E-state index >= 15 is 0 Å². The van der Waals surface area contributed by atoms with Crippen LogP contribution in [0.2, 0.25) is 0 Å². The molecule has 0 aliphatic heterocycles. The number of nitrogens with two attached hydrogens (primary N) is 1. The fourth-order valence-electron chi connectivity index (χ4n) is 2.20. The smallest absolute Gasteiger partial charge is 0.109 e. The van der Waals surface area contributed by atoms with Gasteiger partial charge in [0.1, 0.15) is 5.67 Å². The van der Waals surface area contributed by atoms with Gasteiger partial charge in [0.05, 0.1) is 0 Å². The Morgan fingerprint density at radius 1 is 1.45 bits per heavy atom. The lowest BCUT2D eigenvalue weighted by atomic mass is 9.56. The lowest BCUT2D eigenvalue weighted by molar-refractivity contribution is -0.0770. The van der Waals surface area contributed by atoms with Crippen molar-refractivity contribution in [1.82, 2.24) is 0 Å². The molecule has 0 amide bonds. The Balaban J connectivity index is 2.57. The zero-order valence-corrected chi connectivity index (χ0v) is 7.65. The van der Waals surface area contributed by atoms with Crippen molar-refractivity contribution in [3.8, 4) is 0 Å². The largest absolute Gasteiger partial charge is 0.330 e. The summed E-state index contributed by atoms with van der Waals surface area (Å²) in [5, 5.41) is 0. The van der Waals surface area contributed by atoms with Crippen molar-refractivity contribution in [1.29, 1.82) is 0 Å². The summed E-state index contributed by atoms with van der Waals surface area (Å²) in [5.41, 5.74) is 4.78. The second kappa shape index (κ2) is 2.44. The molecule has 0 unspecified atom stereocenters. The van der Waals surface area contributed by atoms with E-state index in [2.05, 4.69) is 13.8 Å². The first kappa shape index (κ1) is 8.98. The van der Waals surface area contributed by atoms with E-state index in [1.807, 2.05) is 0 Å². The highest BCUT2D eigenvalue weighted by molar-refractivity contribution is 5.04. The van der Waals surface area contributed by atoms with Crippen LogP contribution in [0.3, 0.4) is 0 Å². The summed E-state index contributed by atoms with van der Waals surface area (Å²) in [4.78, 5) is 0. The molecule has 0 heterocycles. The molecule has 1 aliphatic rings. The minimum atomic E-state index is -0.941. The summed E-state index contributed by atoms with van der Waals surface area (Å²) in [6.07, 6.45) is 1.29. The van der Waals surface area contributed by atoms with Crippen LogP contribution in [0.5, 0.6) is 0 Å². The first-order valence-corrected chi connectivity index (χ1v) is 4.31. The molecular formula is C9H18FN. The van der Waals surface area contributed by atoms with Gasteiger partial charge in [0.2, 0.25) is 0 Å². The summed E-state index contributed by atoms with van der Waals surface area (Å²) in [6, 6.07) is 0. The Kier molecular flexibility index (Phi) is 1.99. The highest BCUT2D eigenvalue weighted by Crippen LogP contribution is 2.54. The maximum atomic E-state index is 13.2. The molecule has 2 N–H and O–H groups in total. The van der Waals surface area contributed by atoms with Gasteiger partial charge in [-0.15, -0.1) is 0 Å². The average molecular weight is 159 g/mol. The summed E-state index contributed by atoms with van der Waals surface area (Å²) >= 11 is 0. The molecule has 0 atom stereocenters. The SMILES string of the molecule is CC(C)C1(CN)CC(C)(F)C1. The predicted molar refractivity (Wildman–Crippen MR) is 45.1 cm³/mol. The molecule has 0 aromatic heterocycles. The van der Waals surface area contributed by atoms with Crippen LogP contribution in [0.1, 0.15) is 33.6 Å². The second-order valence-electron chi connectivity index (χ2n) is 4.49. The van der Waals surface area contributed by atoms with Gasteiger partial charge < -0.3 is 5.73 Å². The Bertz CT molecular complexity index is 144. The van der Waals surface area contributed by atoms with E-state index in [0.29, 0.717) is 25.3 Å². The predicted octanol–water partition coefficient (Wildman–Crippen LogP) is 2.11. The van der Waals surface area contributed by atoms with E-state index in [1.54, 1.807) is 6.92 Å². The van der Waals surface area contributed by atoms with Crippen molar-refractivity contribution in [2.75, 3.05) is 6.54 Å². The maximum Gasteiger partial charge on any atom is 0.109 e. The minimum absolute atomic E-state index is 0.101. The van der Waals surface area contributed by atoms with Crippen LogP contribution in [0, 0.1) is 11.3 Å². The van der Waals surface area contributed by atoms with Gasteiger partial charge in [0, 0.05) is 0 Å². The molecule has 0 saturated heterocycles. The van der Waals surface area contributed by atoms with Crippen LogP contribution in [0.15, 0.2) is 0 Å². The number of halogens is 1. The molecule has 66 valence electrons. The highest BCUT2D eigenvalue weighted by atomic mass is 19.1. The number of alkyl halides is 1. The number of hydrogen-bond acceptors (Lipinski definition) is 1. The summed E-state index contributed by atoms with van der Waals surface area (Å²) in [6.45, 7) is 6.55. The van der Waals surface area contributed by atoms with Gasteiger partial charge in [-0.1, -0.05) is 13.8 Å². The van der Waals surface area contributed by atoms with E-state index in [0.717, 1.165) is 0 Å². The molecule has 1 fully saturated rings. The standard InChI is InChI=1S/C9H18FN/c1-7(2)9(6-11)4-8(3,10)5-9/h7H,4-6,11H2,1-3H3. The normalized spacial score (nSPS) is 44.2. The van der Waals surface area contributed by atoms with E-state index in [4.69, 9.17) is 5.73 Å². The molecular weight excluding hydrogens is 141 g/mol. The molecule has 0 bridgehead atoms. The Hall–Kier alpha value is -0.110. The molecule has 0 aromatic rings. The van der Waals surface area contributed by atoms with Crippen molar-refractivity contribution < 1.29 is 4.39 Å². The molecule has 1 saturated carbocycles. The van der Waals surface area contributed by atoms with Crippen LogP contribution in [-0.2, 0) is 0 Å². The van der Waals surface area contributed by atoms with Crippen LogP contribution in [0.25, 0.3) is 0 Å². The highest BCUT2D eigenvalue weighted by Gasteiger charge is 2.53. The van der Waals surface area contributed by atoms with Crippen molar-refractivity contribution >= 4 is 0 Å². The van der Waals surface area contributed by atoms with Crippen molar-refractivity contribution in [2.45, 2.75) is 39.3 Å². The minimum Gasteiger partial charge on any atom is -0.330 e. The van der Waals surface area contributed by atoms with Gasteiger partial charge in [-0.25, -0.2) is 4.39 Å². The van der Waals surface area contributed by atoms with E-state index in [-0.39, 0.29) is 5.41 Å². The first-order chi connectivity index (χ1) is 4.92. The van der Waals surface area contributed by atoms with Crippen molar-refractivity contribution in [3.63, 3.8) is 0 Å². The second-order valence-corrected chi connectivity index (χ2v) is 4.49. The van der Waals surface area contributed by atoms with Gasteiger partial charge >= 0.3 is 0 Å². The summed E-state index contributed by atoms with van der Waals surface area (Å²) < 4.78 is 13.2. The van der Waals surface area contributed by atoms with Crippen LogP contribution >= 0.6 is 0 Å². The van der Waals surface area contributed by atoms with E-state index < -0.39 is 5.67 Å². The fourth-order valence-corrected chi connectivity index (χ4v) is 2.20. The Labute approximate surface area is 68.2 Å². The van der Waals surface area contributed by atoms with Crippen molar-refractivity contribution in [2.24, 2.45) is 17.1 Å². The number of rotatable bonds is 2. The fraction of sp³-hybridized carbons (Fsp3) is 1.00. The quantitative estimate of drug-likeness (QED) is 0.656. The van der Waals surface area contributed by atoms with Gasteiger partial charge in [0.25, 0.3) is 0 Å². The average Bonchev–Trinajstić information content (AvgIpc) is 1.81. The monoisotopic (exact) mass is 159 g/mol. The van der Waals surface area contributed by atoms with Gasteiger partial charge in [-0.05, 0) is 37.6 Å². The maximum absolute atomic E-state index is 13.2. The lowest BCUT2D eigenvalue weighted by Crippen LogP contribution is -2.54. The van der Waals surface area contributed by atoms with Gasteiger partial charge in [-0.3, -0.25) is 0 Å². The van der Waals surface area contributed by atoms with E-state index in [1.165, 1.54) is 0 Å². The Morgan fingerprint density at radius 3 is 2.00 bits per heavy atom. The van der Waals surface area contributed by atoms with Crippen LogP contribution in [0.4, 0.5) is 4.39 Å². The van der Waals surface area contributed by atoms with Gasteiger partial charge in [0.15, 0.2) is 0 Å². The molecule has 0 aromatic carbocycles.